The zero-order chi connectivity index (χ0) is 8.97. The van der Waals surface area contributed by atoms with Gasteiger partial charge in [0.2, 0.25) is 0 Å². The Kier molecular flexibility index (Phi) is 3.16. The van der Waals surface area contributed by atoms with E-state index in [9.17, 15) is 5.11 Å². The molecule has 0 fully saturated rings. The smallest absolute Gasteiger partial charge is 0.109 e. The van der Waals surface area contributed by atoms with Gasteiger partial charge in [0.15, 0.2) is 0 Å². The van der Waals surface area contributed by atoms with E-state index in [1.807, 2.05) is 0 Å². The molecule has 0 aromatic carbocycles. The van der Waals surface area contributed by atoms with Crippen LogP contribution in [0.2, 0.25) is 0 Å². The minimum Gasteiger partial charge on any atom is -0.394 e. The van der Waals surface area contributed by atoms with Crippen molar-refractivity contribution in [3.63, 3.8) is 0 Å². The number of nitrogens with zero attached hydrogens (tertiary/aromatic N) is 1. The molecule has 4 nitrogen and oxygen atoms in total. The third-order valence-electron chi connectivity index (χ3n) is 1.58. The maximum atomic E-state index is 9.34. The summed E-state index contributed by atoms with van der Waals surface area (Å²) in [5.41, 5.74) is 0.499. The van der Waals surface area contributed by atoms with Gasteiger partial charge in [0, 0.05) is 18.0 Å². The van der Waals surface area contributed by atoms with Crippen LogP contribution >= 0.6 is 0 Å². The van der Waals surface area contributed by atoms with E-state index in [4.69, 9.17) is 10.2 Å². The first kappa shape index (κ1) is 9.12. The third-order valence-corrected chi connectivity index (χ3v) is 1.58. The van der Waals surface area contributed by atoms with Gasteiger partial charge >= 0.3 is 0 Å². The Labute approximate surface area is 70.1 Å². The van der Waals surface area contributed by atoms with E-state index in [1.165, 1.54) is 6.20 Å². The van der Waals surface area contributed by atoms with Crippen LogP contribution in [0, 0.1) is 0 Å². The van der Waals surface area contributed by atoms with E-state index in [0.29, 0.717) is 5.56 Å². The van der Waals surface area contributed by atoms with Crippen LogP contribution in [0.4, 0.5) is 0 Å². The summed E-state index contributed by atoms with van der Waals surface area (Å²) in [4.78, 5) is 3.77. The van der Waals surface area contributed by atoms with Crippen molar-refractivity contribution >= 4 is 0 Å². The summed E-state index contributed by atoms with van der Waals surface area (Å²) >= 11 is 0. The number of hydrogen-bond acceptors (Lipinski definition) is 4. The molecule has 66 valence electrons. The molecule has 12 heavy (non-hydrogen) atoms. The van der Waals surface area contributed by atoms with Gasteiger partial charge in [-0.25, -0.2) is 0 Å². The number of aromatic nitrogens is 1. The lowest BCUT2D eigenvalue weighted by Crippen LogP contribution is -2.21. The van der Waals surface area contributed by atoms with Crippen LogP contribution in [0.15, 0.2) is 24.5 Å². The standard InChI is InChI=1S/C8H11NO3/c10-5-7(11)8(12)6-2-1-3-9-4-6/h1-4,7-8,10-12H,5H2. The minimum absolute atomic E-state index is 0.462. The molecule has 2 atom stereocenters. The van der Waals surface area contributed by atoms with E-state index >= 15 is 0 Å². The second-order valence-electron chi connectivity index (χ2n) is 2.48. The van der Waals surface area contributed by atoms with Gasteiger partial charge in [-0.15, -0.1) is 0 Å². The molecule has 0 spiro atoms. The second kappa shape index (κ2) is 4.15. The van der Waals surface area contributed by atoms with Crippen LogP contribution in [0.25, 0.3) is 0 Å². The normalized spacial score (nSPS) is 15.6. The van der Waals surface area contributed by atoms with Crippen LogP contribution in [0.5, 0.6) is 0 Å². The van der Waals surface area contributed by atoms with Gasteiger partial charge in [-0.2, -0.15) is 0 Å². The molecule has 0 saturated carbocycles. The molecular formula is C8H11NO3. The lowest BCUT2D eigenvalue weighted by Gasteiger charge is -2.14. The fraction of sp³-hybridized carbons (Fsp3) is 0.375. The summed E-state index contributed by atoms with van der Waals surface area (Å²) in [5.74, 6) is 0. The van der Waals surface area contributed by atoms with Crippen LogP contribution in [-0.2, 0) is 0 Å². The number of hydrogen-bond donors (Lipinski definition) is 3. The number of aliphatic hydroxyl groups is 3. The van der Waals surface area contributed by atoms with Crippen molar-refractivity contribution in [2.45, 2.75) is 12.2 Å². The molecule has 1 heterocycles. The zero-order valence-electron chi connectivity index (χ0n) is 6.46. The molecule has 0 saturated heterocycles. The molecule has 0 radical (unpaired) electrons. The first-order valence-electron chi connectivity index (χ1n) is 3.62. The number of rotatable bonds is 3. The molecule has 1 rings (SSSR count). The van der Waals surface area contributed by atoms with Crippen molar-refractivity contribution in [1.29, 1.82) is 0 Å². The molecule has 3 N–H and O–H groups in total. The Morgan fingerprint density at radius 1 is 1.42 bits per heavy atom. The fourth-order valence-corrected chi connectivity index (χ4v) is 0.873. The van der Waals surface area contributed by atoms with Crippen LogP contribution in [-0.4, -0.2) is 33.0 Å². The highest BCUT2D eigenvalue weighted by molar-refractivity contribution is 5.12. The summed E-state index contributed by atoms with van der Waals surface area (Å²) < 4.78 is 0. The van der Waals surface area contributed by atoms with E-state index in [2.05, 4.69) is 4.98 Å². The number of aliphatic hydroxyl groups excluding tert-OH is 3. The SMILES string of the molecule is OCC(O)C(O)c1cccnc1. The van der Waals surface area contributed by atoms with Crippen molar-refractivity contribution in [1.82, 2.24) is 4.98 Å². The minimum atomic E-state index is -1.14. The van der Waals surface area contributed by atoms with Gasteiger partial charge in [0.05, 0.1) is 6.61 Å². The highest BCUT2D eigenvalue weighted by Crippen LogP contribution is 2.14. The Morgan fingerprint density at radius 3 is 2.67 bits per heavy atom. The highest BCUT2D eigenvalue weighted by atomic mass is 16.4. The molecule has 0 bridgehead atoms. The summed E-state index contributed by atoms with van der Waals surface area (Å²) in [6.07, 6.45) is 0.809. The van der Waals surface area contributed by atoms with Crippen LogP contribution < -0.4 is 0 Å². The van der Waals surface area contributed by atoms with Gasteiger partial charge in [-0.1, -0.05) is 6.07 Å². The Bertz CT molecular complexity index is 227. The molecule has 0 aliphatic carbocycles. The third kappa shape index (κ3) is 2.01. The maximum absolute atomic E-state index is 9.34. The lowest BCUT2D eigenvalue weighted by atomic mass is 10.1. The average Bonchev–Trinajstić information content (AvgIpc) is 2.17. The zero-order valence-corrected chi connectivity index (χ0v) is 6.46. The Morgan fingerprint density at radius 2 is 2.17 bits per heavy atom. The molecule has 2 unspecified atom stereocenters. The van der Waals surface area contributed by atoms with E-state index in [1.54, 1.807) is 18.3 Å². The molecule has 0 aliphatic rings. The summed E-state index contributed by atoms with van der Waals surface area (Å²) in [5, 5.41) is 26.9. The fourth-order valence-electron chi connectivity index (χ4n) is 0.873. The lowest BCUT2D eigenvalue weighted by molar-refractivity contribution is -0.0154. The summed E-state index contributed by atoms with van der Waals surface area (Å²) in [6.45, 7) is -0.462. The molecule has 0 aliphatic heterocycles. The summed E-state index contributed by atoms with van der Waals surface area (Å²) in [7, 11) is 0. The predicted molar refractivity (Wildman–Crippen MR) is 42.3 cm³/mol. The van der Waals surface area contributed by atoms with Gasteiger partial charge in [-0.3, -0.25) is 4.98 Å². The summed E-state index contributed by atoms with van der Waals surface area (Å²) in [6, 6.07) is 3.29. The highest BCUT2D eigenvalue weighted by Gasteiger charge is 2.16. The molecule has 1 aromatic rings. The van der Waals surface area contributed by atoms with Crippen molar-refractivity contribution < 1.29 is 15.3 Å². The van der Waals surface area contributed by atoms with Crippen molar-refractivity contribution in [3.05, 3.63) is 30.1 Å². The van der Waals surface area contributed by atoms with Crippen LogP contribution in [0.3, 0.4) is 0 Å². The van der Waals surface area contributed by atoms with E-state index in [0.717, 1.165) is 0 Å². The monoisotopic (exact) mass is 169 g/mol. The van der Waals surface area contributed by atoms with E-state index in [-0.39, 0.29) is 0 Å². The largest absolute Gasteiger partial charge is 0.394 e. The Hall–Kier alpha value is -0.970. The number of pyridine rings is 1. The maximum Gasteiger partial charge on any atom is 0.109 e. The second-order valence-corrected chi connectivity index (χ2v) is 2.48. The quantitative estimate of drug-likeness (QED) is 0.568. The molecule has 4 heteroatoms. The average molecular weight is 169 g/mol. The first-order valence-corrected chi connectivity index (χ1v) is 3.62. The first-order chi connectivity index (χ1) is 5.75. The van der Waals surface area contributed by atoms with Crippen molar-refractivity contribution in [2.75, 3.05) is 6.61 Å². The van der Waals surface area contributed by atoms with E-state index < -0.39 is 18.8 Å². The van der Waals surface area contributed by atoms with Gasteiger partial charge in [0.25, 0.3) is 0 Å². The van der Waals surface area contributed by atoms with Gasteiger partial charge in [-0.05, 0) is 6.07 Å². The molecule has 0 amide bonds. The van der Waals surface area contributed by atoms with Crippen molar-refractivity contribution in [3.8, 4) is 0 Å². The van der Waals surface area contributed by atoms with Gasteiger partial charge < -0.3 is 15.3 Å². The predicted octanol–water partition coefficient (Wildman–Crippen LogP) is -0.532. The van der Waals surface area contributed by atoms with Gasteiger partial charge in [0.1, 0.15) is 12.2 Å². The Balaban J connectivity index is 2.71. The van der Waals surface area contributed by atoms with Crippen LogP contribution in [0.1, 0.15) is 11.7 Å². The van der Waals surface area contributed by atoms with Crippen molar-refractivity contribution in [2.24, 2.45) is 0 Å². The topological polar surface area (TPSA) is 73.6 Å². The molecule has 1 aromatic heterocycles. The molecular weight excluding hydrogens is 158 g/mol.